The standard InChI is InChI=1S/C16H21N3O3S/c20-12(11-4-1-2-5-11)10-17-14(21)7-8-15-18-16(19-22-15)13-6-3-9-23-13/h3,6,9,11-12,20H,1-2,4-5,7-8,10H2,(H,17,21). The summed E-state index contributed by atoms with van der Waals surface area (Å²) in [5, 5.41) is 18.7. The summed E-state index contributed by atoms with van der Waals surface area (Å²) in [4.78, 5) is 17.1. The van der Waals surface area contributed by atoms with Crippen molar-refractivity contribution in [3.8, 4) is 10.7 Å². The molecule has 0 aromatic carbocycles. The zero-order chi connectivity index (χ0) is 16.1. The van der Waals surface area contributed by atoms with Crippen LogP contribution in [-0.4, -0.2) is 33.8 Å². The van der Waals surface area contributed by atoms with Crippen LogP contribution in [0.5, 0.6) is 0 Å². The first kappa shape index (κ1) is 16.1. The minimum absolute atomic E-state index is 0.0991. The molecule has 1 unspecified atom stereocenters. The maximum absolute atomic E-state index is 11.9. The Hall–Kier alpha value is -1.73. The number of carbonyl (C=O) groups excluding carboxylic acids is 1. The maximum Gasteiger partial charge on any atom is 0.227 e. The second kappa shape index (κ2) is 7.70. The number of aromatic nitrogens is 2. The fourth-order valence-electron chi connectivity index (χ4n) is 2.90. The lowest BCUT2D eigenvalue weighted by Crippen LogP contribution is -2.35. The van der Waals surface area contributed by atoms with Crippen LogP contribution in [0.4, 0.5) is 0 Å². The molecule has 0 radical (unpaired) electrons. The predicted octanol–water partition coefficient (Wildman–Crippen LogP) is 2.40. The summed E-state index contributed by atoms with van der Waals surface area (Å²) in [6.07, 6.45) is 4.73. The van der Waals surface area contributed by atoms with E-state index in [2.05, 4.69) is 15.5 Å². The Morgan fingerprint density at radius 3 is 3.04 bits per heavy atom. The Morgan fingerprint density at radius 1 is 1.48 bits per heavy atom. The number of rotatable bonds is 7. The second-order valence-corrected chi connectivity index (χ2v) is 6.85. The Labute approximate surface area is 138 Å². The molecule has 2 heterocycles. The highest BCUT2D eigenvalue weighted by Crippen LogP contribution is 2.27. The van der Waals surface area contributed by atoms with Gasteiger partial charge in [-0.3, -0.25) is 4.79 Å². The topological polar surface area (TPSA) is 88.2 Å². The lowest BCUT2D eigenvalue weighted by Gasteiger charge is -2.17. The minimum atomic E-state index is -0.435. The van der Waals surface area contributed by atoms with Gasteiger partial charge in [0.15, 0.2) is 0 Å². The van der Waals surface area contributed by atoms with E-state index in [0.717, 1.165) is 17.7 Å². The van der Waals surface area contributed by atoms with Crippen molar-refractivity contribution in [3.05, 3.63) is 23.4 Å². The number of carbonyl (C=O) groups is 1. The molecular weight excluding hydrogens is 314 g/mol. The Bertz CT molecular complexity index is 620. The lowest BCUT2D eigenvalue weighted by atomic mass is 10.0. The lowest BCUT2D eigenvalue weighted by molar-refractivity contribution is -0.121. The molecule has 0 saturated heterocycles. The summed E-state index contributed by atoms with van der Waals surface area (Å²) in [5.74, 6) is 1.25. The van der Waals surface area contributed by atoms with E-state index in [0.29, 0.717) is 30.6 Å². The molecule has 1 fully saturated rings. The van der Waals surface area contributed by atoms with E-state index in [1.807, 2.05) is 17.5 Å². The smallest absolute Gasteiger partial charge is 0.227 e. The highest BCUT2D eigenvalue weighted by Gasteiger charge is 2.23. The molecule has 2 aromatic heterocycles. The molecule has 2 aromatic rings. The molecule has 0 bridgehead atoms. The molecule has 3 rings (SSSR count). The van der Waals surface area contributed by atoms with Crippen molar-refractivity contribution in [2.24, 2.45) is 5.92 Å². The Morgan fingerprint density at radius 2 is 2.30 bits per heavy atom. The van der Waals surface area contributed by atoms with Crippen molar-refractivity contribution in [1.29, 1.82) is 0 Å². The van der Waals surface area contributed by atoms with Gasteiger partial charge in [0.2, 0.25) is 17.6 Å². The van der Waals surface area contributed by atoms with Gasteiger partial charge in [-0.25, -0.2) is 0 Å². The molecule has 1 saturated carbocycles. The summed E-state index contributed by atoms with van der Waals surface area (Å²) in [6, 6.07) is 3.86. The van der Waals surface area contributed by atoms with Gasteiger partial charge in [-0.1, -0.05) is 24.1 Å². The number of aliphatic hydroxyl groups is 1. The van der Waals surface area contributed by atoms with Crippen LogP contribution in [0.3, 0.4) is 0 Å². The van der Waals surface area contributed by atoms with E-state index in [9.17, 15) is 9.90 Å². The van der Waals surface area contributed by atoms with E-state index in [4.69, 9.17) is 4.52 Å². The van der Waals surface area contributed by atoms with Crippen molar-refractivity contribution in [2.45, 2.75) is 44.6 Å². The summed E-state index contributed by atoms with van der Waals surface area (Å²) in [7, 11) is 0. The minimum Gasteiger partial charge on any atom is -0.391 e. The number of amides is 1. The SMILES string of the molecule is O=C(CCc1nc(-c2cccs2)no1)NCC(O)C1CCCC1. The first-order valence-corrected chi connectivity index (χ1v) is 8.91. The number of hydrogen-bond acceptors (Lipinski definition) is 6. The van der Waals surface area contributed by atoms with E-state index in [1.54, 1.807) is 11.3 Å². The van der Waals surface area contributed by atoms with Gasteiger partial charge in [0.1, 0.15) is 0 Å². The van der Waals surface area contributed by atoms with Crippen LogP contribution in [0.25, 0.3) is 10.7 Å². The molecule has 0 spiro atoms. The van der Waals surface area contributed by atoms with Gasteiger partial charge in [0, 0.05) is 19.4 Å². The van der Waals surface area contributed by atoms with Crippen LogP contribution in [0.2, 0.25) is 0 Å². The normalized spacial score (nSPS) is 16.6. The number of aliphatic hydroxyl groups excluding tert-OH is 1. The maximum atomic E-state index is 11.9. The van der Waals surface area contributed by atoms with Crippen molar-refractivity contribution in [1.82, 2.24) is 15.5 Å². The van der Waals surface area contributed by atoms with Crippen molar-refractivity contribution < 1.29 is 14.4 Å². The molecule has 1 aliphatic rings. The average Bonchev–Trinajstić information content (AvgIpc) is 3.32. The van der Waals surface area contributed by atoms with Crippen LogP contribution in [-0.2, 0) is 11.2 Å². The van der Waals surface area contributed by atoms with E-state index >= 15 is 0 Å². The molecule has 1 atom stereocenters. The molecule has 1 aliphatic carbocycles. The molecule has 1 amide bonds. The predicted molar refractivity (Wildman–Crippen MR) is 86.9 cm³/mol. The van der Waals surface area contributed by atoms with Gasteiger partial charge in [0.25, 0.3) is 0 Å². The third kappa shape index (κ3) is 4.39. The quantitative estimate of drug-likeness (QED) is 0.811. The van der Waals surface area contributed by atoms with Gasteiger partial charge in [-0.05, 0) is 30.2 Å². The van der Waals surface area contributed by atoms with Crippen molar-refractivity contribution >= 4 is 17.2 Å². The summed E-state index contributed by atoms with van der Waals surface area (Å²) >= 11 is 1.54. The molecule has 23 heavy (non-hydrogen) atoms. The zero-order valence-electron chi connectivity index (χ0n) is 12.9. The number of thiophene rings is 1. The van der Waals surface area contributed by atoms with Gasteiger partial charge in [-0.15, -0.1) is 11.3 Å². The van der Waals surface area contributed by atoms with Crippen LogP contribution >= 0.6 is 11.3 Å². The molecule has 0 aliphatic heterocycles. The van der Waals surface area contributed by atoms with Gasteiger partial charge in [0.05, 0.1) is 11.0 Å². The average molecular weight is 335 g/mol. The van der Waals surface area contributed by atoms with E-state index < -0.39 is 6.10 Å². The van der Waals surface area contributed by atoms with Crippen molar-refractivity contribution in [3.63, 3.8) is 0 Å². The van der Waals surface area contributed by atoms with Crippen LogP contribution < -0.4 is 5.32 Å². The van der Waals surface area contributed by atoms with Crippen LogP contribution in [0.15, 0.2) is 22.0 Å². The van der Waals surface area contributed by atoms with Gasteiger partial charge < -0.3 is 14.9 Å². The number of nitrogens with one attached hydrogen (secondary N) is 1. The van der Waals surface area contributed by atoms with Gasteiger partial charge >= 0.3 is 0 Å². The van der Waals surface area contributed by atoms with Crippen LogP contribution in [0, 0.1) is 5.92 Å². The fraction of sp³-hybridized carbons (Fsp3) is 0.562. The highest BCUT2D eigenvalue weighted by atomic mass is 32.1. The first-order valence-electron chi connectivity index (χ1n) is 8.03. The number of nitrogens with zero attached hydrogens (tertiary/aromatic N) is 2. The van der Waals surface area contributed by atoms with E-state index in [1.165, 1.54) is 12.8 Å². The second-order valence-electron chi connectivity index (χ2n) is 5.90. The fourth-order valence-corrected chi connectivity index (χ4v) is 3.55. The highest BCUT2D eigenvalue weighted by molar-refractivity contribution is 7.13. The van der Waals surface area contributed by atoms with Crippen LogP contribution in [0.1, 0.15) is 38.0 Å². The third-order valence-corrected chi connectivity index (χ3v) is 5.09. The molecule has 2 N–H and O–H groups in total. The summed E-state index contributed by atoms with van der Waals surface area (Å²) in [5.41, 5.74) is 0. The largest absolute Gasteiger partial charge is 0.391 e. The first-order chi connectivity index (χ1) is 11.2. The Balaban J connectivity index is 1.40. The summed E-state index contributed by atoms with van der Waals surface area (Å²) < 4.78 is 5.16. The van der Waals surface area contributed by atoms with Gasteiger partial charge in [-0.2, -0.15) is 4.98 Å². The molecule has 7 heteroatoms. The third-order valence-electron chi connectivity index (χ3n) is 4.23. The monoisotopic (exact) mass is 335 g/mol. The Kier molecular flexibility index (Phi) is 5.40. The number of hydrogen-bond donors (Lipinski definition) is 2. The van der Waals surface area contributed by atoms with Crippen molar-refractivity contribution in [2.75, 3.05) is 6.54 Å². The molecule has 6 nitrogen and oxygen atoms in total. The summed E-state index contributed by atoms with van der Waals surface area (Å²) in [6.45, 7) is 0.327. The zero-order valence-corrected chi connectivity index (χ0v) is 13.7. The number of aryl methyl sites for hydroxylation is 1. The molecule has 124 valence electrons. The van der Waals surface area contributed by atoms with E-state index in [-0.39, 0.29) is 12.3 Å². The molecular formula is C16H21N3O3S.